The molecule has 2 heterocycles. The first-order valence-electron chi connectivity index (χ1n) is 6.18. The van der Waals surface area contributed by atoms with E-state index >= 15 is 0 Å². The van der Waals surface area contributed by atoms with Crippen molar-refractivity contribution in [2.75, 3.05) is 13.1 Å². The molecule has 0 aliphatic carbocycles. The Labute approximate surface area is 114 Å². The molecule has 1 aromatic heterocycles. The summed E-state index contributed by atoms with van der Waals surface area (Å²) in [5, 5.41) is 6.32. The molecule has 2 N–H and O–H groups in total. The van der Waals surface area contributed by atoms with Gasteiger partial charge in [-0.15, -0.1) is 12.4 Å². The number of aromatic nitrogens is 1. The van der Waals surface area contributed by atoms with Crippen molar-refractivity contribution in [1.82, 2.24) is 15.6 Å². The van der Waals surface area contributed by atoms with Gasteiger partial charge in [-0.05, 0) is 44.5 Å². The molecule has 1 aliphatic rings. The fourth-order valence-electron chi connectivity index (χ4n) is 2.13. The highest BCUT2D eigenvalue weighted by atomic mass is 35.5. The molecule has 5 heteroatoms. The molecular weight excluding hydrogens is 250 g/mol. The van der Waals surface area contributed by atoms with Crippen molar-refractivity contribution in [2.24, 2.45) is 5.92 Å². The van der Waals surface area contributed by atoms with E-state index in [-0.39, 0.29) is 30.3 Å². The number of piperidine rings is 1. The molecule has 0 spiro atoms. The van der Waals surface area contributed by atoms with Gasteiger partial charge in [-0.2, -0.15) is 0 Å². The first kappa shape index (κ1) is 14.9. The molecular formula is C13H20ClN3O. The first-order chi connectivity index (χ1) is 8.27. The Bertz CT molecular complexity index is 366. The number of nitrogens with one attached hydrogen (secondary N) is 2. The van der Waals surface area contributed by atoms with Crippen molar-refractivity contribution in [3.63, 3.8) is 0 Å². The van der Waals surface area contributed by atoms with Crippen molar-refractivity contribution in [2.45, 2.75) is 25.8 Å². The summed E-state index contributed by atoms with van der Waals surface area (Å²) in [4.78, 5) is 16.1. The number of carbonyl (C=O) groups excluding carboxylic acids is 1. The van der Waals surface area contributed by atoms with Gasteiger partial charge in [0.1, 0.15) is 0 Å². The molecule has 0 aromatic carbocycles. The lowest BCUT2D eigenvalue weighted by molar-refractivity contribution is -0.126. The monoisotopic (exact) mass is 269 g/mol. The van der Waals surface area contributed by atoms with Crippen LogP contribution in [0.5, 0.6) is 0 Å². The van der Waals surface area contributed by atoms with E-state index in [1.165, 1.54) is 0 Å². The van der Waals surface area contributed by atoms with Crippen LogP contribution in [0.25, 0.3) is 0 Å². The zero-order valence-corrected chi connectivity index (χ0v) is 11.4. The Morgan fingerprint density at radius 3 is 2.83 bits per heavy atom. The van der Waals surface area contributed by atoms with Crippen molar-refractivity contribution in [3.8, 4) is 0 Å². The Morgan fingerprint density at radius 2 is 2.22 bits per heavy atom. The lowest BCUT2D eigenvalue weighted by Gasteiger charge is -2.24. The largest absolute Gasteiger partial charge is 0.349 e. The number of carbonyl (C=O) groups is 1. The zero-order chi connectivity index (χ0) is 12.1. The van der Waals surface area contributed by atoms with Crippen molar-refractivity contribution < 1.29 is 4.79 Å². The van der Waals surface area contributed by atoms with Crippen LogP contribution in [-0.2, 0) is 4.79 Å². The smallest absolute Gasteiger partial charge is 0.223 e. The van der Waals surface area contributed by atoms with E-state index in [2.05, 4.69) is 15.6 Å². The van der Waals surface area contributed by atoms with Gasteiger partial charge in [0.2, 0.25) is 5.91 Å². The fraction of sp³-hybridized carbons (Fsp3) is 0.538. The second-order valence-electron chi connectivity index (χ2n) is 4.54. The van der Waals surface area contributed by atoms with Gasteiger partial charge in [-0.1, -0.05) is 6.07 Å². The summed E-state index contributed by atoms with van der Waals surface area (Å²) < 4.78 is 0. The van der Waals surface area contributed by atoms with Crippen LogP contribution in [-0.4, -0.2) is 24.0 Å². The number of hydrogen-bond acceptors (Lipinski definition) is 3. The standard InChI is InChI=1S/C13H19N3O.ClH/c1-10(12-3-2-6-15-9-12)16-13(17)11-4-7-14-8-5-11;/h2-3,6,9-11,14H,4-5,7-8H2,1H3,(H,16,17);1H. The van der Waals surface area contributed by atoms with Crippen LogP contribution in [0.3, 0.4) is 0 Å². The molecule has 18 heavy (non-hydrogen) atoms. The molecule has 2 rings (SSSR count). The van der Waals surface area contributed by atoms with Gasteiger partial charge in [0.15, 0.2) is 0 Å². The molecule has 1 saturated heterocycles. The average Bonchev–Trinajstić information content (AvgIpc) is 2.40. The van der Waals surface area contributed by atoms with Crippen LogP contribution >= 0.6 is 12.4 Å². The van der Waals surface area contributed by atoms with Crippen LogP contribution < -0.4 is 10.6 Å². The van der Waals surface area contributed by atoms with Crippen LogP contribution in [0.2, 0.25) is 0 Å². The first-order valence-corrected chi connectivity index (χ1v) is 6.18. The third-order valence-corrected chi connectivity index (χ3v) is 3.25. The maximum atomic E-state index is 12.0. The van der Waals surface area contributed by atoms with Gasteiger partial charge in [-0.3, -0.25) is 9.78 Å². The van der Waals surface area contributed by atoms with Crippen LogP contribution in [0, 0.1) is 5.92 Å². The van der Waals surface area contributed by atoms with Gasteiger partial charge >= 0.3 is 0 Å². The van der Waals surface area contributed by atoms with E-state index in [4.69, 9.17) is 0 Å². The van der Waals surface area contributed by atoms with E-state index in [0.717, 1.165) is 31.5 Å². The van der Waals surface area contributed by atoms with Crippen LogP contribution in [0.1, 0.15) is 31.4 Å². The highest BCUT2D eigenvalue weighted by molar-refractivity contribution is 5.85. The number of hydrogen-bond donors (Lipinski definition) is 2. The van der Waals surface area contributed by atoms with Crippen molar-refractivity contribution in [3.05, 3.63) is 30.1 Å². The number of pyridine rings is 1. The lowest BCUT2D eigenvalue weighted by Crippen LogP contribution is -2.39. The molecule has 4 nitrogen and oxygen atoms in total. The highest BCUT2D eigenvalue weighted by Crippen LogP contribution is 2.15. The van der Waals surface area contributed by atoms with Crippen LogP contribution in [0.15, 0.2) is 24.5 Å². The minimum Gasteiger partial charge on any atom is -0.349 e. The zero-order valence-electron chi connectivity index (χ0n) is 10.6. The molecule has 1 amide bonds. The summed E-state index contributed by atoms with van der Waals surface area (Å²) in [5.41, 5.74) is 1.05. The summed E-state index contributed by atoms with van der Waals surface area (Å²) in [6.07, 6.45) is 5.41. The average molecular weight is 270 g/mol. The normalized spacial score (nSPS) is 17.6. The minimum absolute atomic E-state index is 0. The summed E-state index contributed by atoms with van der Waals surface area (Å²) in [5.74, 6) is 0.332. The molecule has 1 fully saturated rings. The quantitative estimate of drug-likeness (QED) is 0.878. The van der Waals surface area contributed by atoms with E-state index in [1.807, 2.05) is 19.1 Å². The van der Waals surface area contributed by atoms with Gasteiger partial charge in [0, 0.05) is 18.3 Å². The third kappa shape index (κ3) is 3.96. The van der Waals surface area contributed by atoms with Gasteiger partial charge in [0.05, 0.1) is 6.04 Å². The minimum atomic E-state index is 0. The number of rotatable bonds is 3. The number of amides is 1. The predicted molar refractivity (Wildman–Crippen MR) is 73.6 cm³/mol. The molecule has 1 aliphatic heterocycles. The molecule has 1 atom stereocenters. The number of nitrogens with zero attached hydrogens (tertiary/aromatic N) is 1. The Kier molecular flexibility index (Phi) is 6.09. The fourth-order valence-corrected chi connectivity index (χ4v) is 2.13. The van der Waals surface area contributed by atoms with Crippen molar-refractivity contribution in [1.29, 1.82) is 0 Å². The van der Waals surface area contributed by atoms with Gasteiger partial charge in [-0.25, -0.2) is 0 Å². The maximum absolute atomic E-state index is 12.0. The Morgan fingerprint density at radius 1 is 1.50 bits per heavy atom. The lowest BCUT2D eigenvalue weighted by atomic mass is 9.96. The molecule has 1 unspecified atom stereocenters. The summed E-state index contributed by atoms with van der Waals surface area (Å²) in [6, 6.07) is 3.91. The second kappa shape index (κ2) is 7.34. The van der Waals surface area contributed by atoms with E-state index < -0.39 is 0 Å². The summed E-state index contributed by atoms with van der Waals surface area (Å²) >= 11 is 0. The highest BCUT2D eigenvalue weighted by Gasteiger charge is 2.22. The second-order valence-corrected chi connectivity index (χ2v) is 4.54. The maximum Gasteiger partial charge on any atom is 0.223 e. The molecule has 0 bridgehead atoms. The third-order valence-electron chi connectivity index (χ3n) is 3.25. The van der Waals surface area contributed by atoms with E-state index in [0.29, 0.717) is 0 Å². The topological polar surface area (TPSA) is 54.0 Å². The number of halogens is 1. The molecule has 100 valence electrons. The van der Waals surface area contributed by atoms with E-state index in [9.17, 15) is 4.79 Å². The van der Waals surface area contributed by atoms with Crippen molar-refractivity contribution >= 4 is 18.3 Å². The summed E-state index contributed by atoms with van der Waals surface area (Å²) in [6.45, 7) is 3.88. The predicted octanol–water partition coefficient (Wildman–Crippen LogP) is 1.68. The van der Waals surface area contributed by atoms with Crippen LogP contribution in [0.4, 0.5) is 0 Å². The van der Waals surface area contributed by atoms with Gasteiger partial charge in [0.25, 0.3) is 0 Å². The van der Waals surface area contributed by atoms with Gasteiger partial charge < -0.3 is 10.6 Å². The summed E-state index contributed by atoms with van der Waals surface area (Å²) in [7, 11) is 0. The Balaban J connectivity index is 0.00000162. The molecule has 0 radical (unpaired) electrons. The SMILES string of the molecule is CC(NC(=O)C1CCNCC1)c1cccnc1.Cl. The van der Waals surface area contributed by atoms with E-state index in [1.54, 1.807) is 12.4 Å². The molecule has 0 saturated carbocycles. The molecule has 1 aromatic rings. The Hall–Kier alpha value is -1.13.